The molecule has 1 spiro atoms. The Morgan fingerprint density at radius 3 is 2.69 bits per heavy atom. The average molecular weight is 383 g/mol. The molecule has 0 atom stereocenters. The summed E-state index contributed by atoms with van der Waals surface area (Å²) in [5, 5.41) is 5.18. The topological polar surface area (TPSA) is 43.8 Å². The summed E-state index contributed by atoms with van der Waals surface area (Å²) in [6, 6.07) is 19.3. The number of hydrogen-bond acceptors (Lipinski definition) is 5. The van der Waals surface area contributed by atoms with Gasteiger partial charge in [-0.3, -0.25) is 14.9 Å². The molecular formula is C24H25N5. The average Bonchev–Trinajstić information content (AvgIpc) is 3.27. The van der Waals surface area contributed by atoms with Gasteiger partial charge in [-0.25, -0.2) is 0 Å². The summed E-state index contributed by atoms with van der Waals surface area (Å²) >= 11 is 0. The highest BCUT2D eigenvalue weighted by molar-refractivity contribution is 6.06. The minimum absolute atomic E-state index is 0.000494. The number of benzene rings is 2. The van der Waals surface area contributed by atoms with E-state index < -0.39 is 0 Å². The van der Waals surface area contributed by atoms with E-state index in [1.165, 1.54) is 28.0 Å². The summed E-state index contributed by atoms with van der Waals surface area (Å²) in [5.41, 5.74) is 4.94. The zero-order chi connectivity index (χ0) is 19.3. The zero-order valence-corrected chi connectivity index (χ0v) is 16.5. The van der Waals surface area contributed by atoms with Crippen molar-refractivity contribution in [2.24, 2.45) is 4.99 Å². The fourth-order valence-corrected chi connectivity index (χ4v) is 5.21. The first-order chi connectivity index (χ1) is 14.3. The number of fused-ring (bicyclic) bond motifs is 5. The fraction of sp³-hybridized carbons (Fsp3) is 0.333. The van der Waals surface area contributed by atoms with Crippen molar-refractivity contribution < 1.29 is 0 Å². The van der Waals surface area contributed by atoms with Crippen molar-refractivity contribution in [1.29, 1.82) is 0 Å². The van der Waals surface area contributed by atoms with Gasteiger partial charge in [-0.2, -0.15) is 0 Å². The Balaban J connectivity index is 1.24. The van der Waals surface area contributed by atoms with Gasteiger partial charge in [-0.1, -0.05) is 30.3 Å². The lowest BCUT2D eigenvalue weighted by atomic mass is 9.90. The molecule has 5 nitrogen and oxygen atoms in total. The van der Waals surface area contributed by atoms with Crippen LogP contribution in [0.25, 0.3) is 10.9 Å². The number of anilines is 1. The van der Waals surface area contributed by atoms with Gasteiger partial charge in [0.25, 0.3) is 0 Å². The standard InChI is InChI=1S/C24H25N5/c1-3-7-21-19(5-1)18(9-12-25-21)17-28-14-10-24(11-15-28)27-22-8-4-2-6-20(22)23-26-13-16-29(23)24/h1-9,12,27H,10-11,13-17H2. The van der Waals surface area contributed by atoms with Crippen LogP contribution in [-0.4, -0.2) is 52.5 Å². The van der Waals surface area contributed by atoms with Crippen molar-refractivity contribution in [3.8, 4) is 0 Å². The summed E-state index contributed by atoms with van der Waals surface area (Å²) in [5.74, 6) is 1.19. The Bertz CT molecular complexity index is 1090. The van der Waals surface area contributed by atoms with E-state index in [9.17, 15) is 0 Å². The number of hydrogen-bond donors (Lipinski definition) is 1. The van der Waals surface area contributed by atoms with Crippen molar-refractivity contribution >= 4 is 22.4 Å². The lowest BCUT2D eigenvalue weighted by Gasteiger charge is -2.52. The first kappa shape index (κ1) is 17.0. The Kier molecular flexibility index (Phi) is 3.84. The van der Waals surface area contributed by atoms with Crippen LogP contribution in [0.4, 0.5) is 5.69 Å². The van der Waals surface area contributed by atoms with E-state index in [1.54, 1.807) is 0 Å². The number of piperidine rings is 1. The van der Waals surface area contributed by atoms with Crippen LogP contribution in [0.1, 0.15) is 24.0 Å². The number of rotatable bonds is 2. The molecule has 1 aromatic heterocycles. The van der Waals surface area contributed by atoms with E-state index in [2.05, 4.69) is 74.7 Å². The molecule has 0 amide bonds. The van der Waals surface area contributed by atoms with Crippen molar-refractivity contribution in [1.82, 2.24) is 14.8 Å². The quantitative estimate of drug-likeness (QED) is 0.733. The predicted octanol–water partition coefficient (Wildman–Crippen LogP) is 3.71. The third kappa shape index (κ3) is 2.72. The summed E-state index contributed by atoms with van der Waals surface area (Å²) < 4.78 is 0. The molecule has 0 bridgehead atoms. The number of aromatic nitrogens is 1. The molecule has 1 fully saturated rings. The van der Waals surface area contributed by atoms with Gasteiger partial charge in [0, 0.05) is 61.9 Å². The minimum Gasteiger partial charge on any atom is -0.362 e. The van der Waals surface area contributed by atoms with Gasteiger partial charge in [0.1, 0.15) is 11.5 Å². The highest BCUT2D eigenvalue weighted by Gasteiger charge is 2.46. The van der Waals surface area contributed by atoms with Crippen LogP contribution in [0.5, 0.6) is 0 Å². The highest BCUT2D eigenvalue weighted by Crippen LogP contribution is 2.39. The van der Waals surface area contributed by atoms with E-state index in [1.807, 2.05) is 6.20 Å². The molecule has 2 aromatic carbocycles. The van der Waals surface area contributed by atoms with Crippen molar-refractivity contribution in [2.45, 2.75) is 25.0 Å². The lowest BCUT2D eigenvalue weighted by molar-refractivity contribution is 0.0898. The number of para-hydroxylation sites is 2. The summed E-state index contributed by atoms with van der Waals surface area (Å²) in [7, 11) is 0. The third-order valence-corrected chi connectivity index (χ3v) is 6.71. The SMILES string of the molecule is c1ccc2c(c1)NC1(CCN(Cc3ccnc4ccccc34)CC1)N1CCN=C21. The minimum atomic E-state index is 0.000494. The molecule has 5 heteroatoms. The van der Waals surface area contributed by atoms with Gasteiger partial charge >= 0.3 is 0 Å². The molecule has 146 valence electrons. The lowest BCUT2D eigenvalue weighted by Crippen LogP contribution is -2.63. The van der Waals surface area contributed by atoms with Gasteiger partial charge in [0.05, 0.1) is 12.1 Å². The molecule has 0 radical (unpaired) electrons. The second kappa shape index (κ2) is 6.56. The van der Waals surface area contributed by atoms with Gasteiger partial charge in [0.2, 0.25) is 0 Å². The molecule has 6 rings (SSSR count). The van der Waals surface area contributed by atoms with Crippen LogP contribution in [-0.2, 0) is 6.54 Å². The number of pyridine rings is 1. The van der Waals surface area contributed by atoms with Crippen LogP contribution in [0, 0.1) is 0 Å². The summed E-state index contributed by atoms with van der Waals surface area (Å²) in [4.78, 5) is 14.5. The fourth-order valence-electron chi connectivity index (χ4n) is 5.21. The molecule has 4 heterocycles. The first-order valence-electron chi connectivity index (χ1n) is 10.6. The Labute approximate surface area is 171 Å². The van der Waals surface area contributed by atoms with E-state index >= 15 is 0 Å². The maximum atomic E-state index is 4.85. The van der Waals surface area contributed by atoms with Gasteiger partial charge < -0.3 is 10.2 Å². The van der Waals surface area contributed by atoms with E-state index in [0.29, 0.717) is 0 Å². The molecule has 0 aliphatic carbocycles. The second-order valence-electron chi connectivity index (χ2n) is 8.32. The Hall–Kier alpha value is -2.92. The number of likely N-dealkylation sites (tertiary alicyclic amines) is 1. The van der Waals surface area contributed by atoms with Gasteiger partial charge in [-0.05, 0) is 29.8 Å². The normalized spacial score (nSPS) is 20.3. The summed E-state index contributed by atoms with van der Waals surface area (Å²) in [6.45, 7) is 5.06. The summed E-state index contributed by atoms with van der Waals surface area (Å²) in [6.07, 6.45) is 4.14. The molecule has 3 aliphatic heterocycles. The van der Waals surface area contributed by atoms with Crippen LogP contribution < -0.4 is 5.32 Å². The van der Waals surface area contributed by atoms with E-state index in [4.69, 9.17) is 4.99 Å². The highest BCUT2D eigenvalue weighted by atomic mass is 15.4. The van der Waals surface area contributed by atoms with E-state index in [-0.39, 0.29) is 5.66 Å². The molecule has 1 saturated heterocycles. The molecule has 0 saturated carbocycles. The zero-order valence-electron chi connectivity index (χ0n) is 16.5. The van der Waals surface area contributed by atoms with Crippen LogP contribution >= 0.6 is 0 Å². The van der Waals surface area contributed by atoms with Crippen molar-refractivity contribution in [3.05, 3.63) is 71.9 Å². The molecule has 3 aromatic rings. The monoisotopic (exact) mass is 383 g/mol. The van der Waals surface area contributed by atoms with Gasteiger partial charge in [0.15, 0.2) is 0 Å². The van der Waals surface area contributed by atoms with Gasteiger partial charge in [-0.15, -0.1) is 0 Å². The maximum Gasteiger partial charge on any atom is 0.134 e. The predicted molar refractivity (Wildman–Crippen MR) is 117 cm³/mol. The Morgan fingerprint density at radius 1 is 0.931 bits per heavy atom. The van der Waals surface area contributed by atoms with Crippen LogP contribution in [0.3, 0.4) is 0 Å². The first-order valence-corrected chi connectivity index (χ1v) is 10.6. The molecule has 1 N–H and O–H groups in total. The smallest absolute Gasteiger partial charge is 0.134 e. The third-order valence-electron chi connectivity index (χ3n) is 6.71. The number of amidine groups is 1. The van der Waals surface area contributed by atoms with E-state index in [0.717, 1.165) is 51.1 Å². The number of nitrogens with zero attached hydrogens (tertiary/aromatic N) is 4. The van der Waals surface area contributed by atoms with Crippen LogP contribution in [0.2, 0.25) is 0 Å². The molecule has 29 heavy (non-hydrogen) atoms. The number of nitrogens with one attached hydrogen (secondary N) is 1. The molecule has 3 aliphatic rings. The largest absolute Gasteiger partial charge is 0.362 e. The Morgan fingerprint density at radius 2 is 1.76 bits per heavy atom. The van der Waals surface area contributed by atoms with Crippen molar-refractivity contribution in [2.75, 3.05) is 31.5 Å². The number of aliphatic imine (C=N–C) groups is 1. The molecule has 0 unspecified atom stereocenters. The molecular weight excluding hydrogens is 358 g/mol. The second-order valence-corrected chi connectivity index (χ2v) is 8.32. The van der Waals surface area contributed by atoms with Crippen LogP contribution in [0.15, 0.2) is 65.8 Å². The maximum absolute atomic E-state index is 4.85. The van der Waals surface area contributed by atoms with Crippen molar-refractivity contribution in [3.63, 3.8) is 0 Å².